The van der Waals surface area contributed by atoms with E-state index >= 15 is 0 Å². The van der Waals surface area contributed by atoms with Crippen molar-refractivity contribution in [3.63, 3.8) is 0 Å². The largest absolute Gasteiger partial charge is 0.324 e. The molecular formula is C27H29N5O. The summed E-state index contributed by atoms with van der Waals surface area (Å²) in [6.07, 6.45) is 6.77. The quantitative estimate of drug-likeness (QED) is 0.479. The third-order valence-electron chi connectivity index (χ3n) is 6.62. The summed E-state index contributed by atoms with van der Waals surface area (Å²) in [5, 5.41) is 3.80. The molecule has 5 rings (SSSR count). The Labute approximate surface area is 193 Å². The van der Waals surface area contributed by atoms with Crippen molar-refractivity contribution in [2.24, 2.45) is 0 Å². The van der Waals surface area contributed by atoms with Gasteiger partial charge in [0.2, 0.25) is 5.95 Å². The Morgan fingerprint density at radius 3 is 2.42 bits per heavy atom. The fraction of sp³-hybridized carbons (Fsp3) is 0.296. The summed E-state index contributed by atoms with van der Waals surface area (Å²) in [6, 6.07) is 18.4. The molecule has 1 fully saturated rings. The third-order valence-corrected chi connectivity index (χ3v) is 6.62. The number of likely N-dealkylation sites (tertiary alicyclic amines) is 1. The molecule has 0 amide bonds. The van der Waals surface area contributed by atoms with Crippen molar-refractivity contribution in [1.82, 2.24) is 19.4 Å². The minimum atomic E-state index is -0.0829. The molecule has 168 valence electrons. The van der Waals surface area contributed by atoms with Crippen molar-refractivity contribution in [3.8, 4) is 5.69 Å². The number of fused-ring (bicyclic) bond motifs is 1. The predicted octanol–water partition coefficient (Wildman–Crippen LogP) is 4.90. The van der Waals surface area contributed by atoms with E-state index in [2.05, 4.69) is 77.7 Å². The average Bonchev–Trinajstić information content (AvgIpc) is 2.85. The van der Waals surface area contributed by atoms with Crippen LogP contribution >= 0.6 is 0 Å². The molecule has 1 N–H and O–H groups in total. The zero-order chi connectivity index (χ0) is 22.8. The number of aromatic nitrogens is 3. The summed E-state index contributed by atoms with van der Waals surface area (Å²) in [4.78, 5) is 23.9. The molecule has 0 aliphatic carbocycles. The van der Waals surface area contributed by atoms with Gasteiger partial charge in [-0.25, -0.2) is 4.98 Å². The molecule has 0 bridgehead atoms. The Hall–Kier alpha value is -3.51. The lowest BCUT2D eigenvalue weighted by Gasteiger charge is -2.29. The van der Waals surface area contributed by atoms with Crippen LogP contribution in [-0.4, -0.2) is 39.6 Å². The molecule has 4 aromatic rings. The first-order valence-corrected chi connectivity index (χ1v) is 11.6. The van der Waals surface area contributed by atoms with E-state index in [0.29, 0.717) is 22.9 Å². The fourth-order valence-corrected chi connectivity index (χ4v) is 4.50. The molecule has 0 atom stereocenters. The Morgan fingerprint density at radius 2 is 1.73 bits per heavy atom. The summed E-state index contributed by atoms with van der Waals surface area (Å²) < 4.78 is 1.94. The number of piperidine rings is 1. The molecule has 1 saturated heterocycles. The number of nitrogens with one attached hydrogen (secondary N) is 1. The fourth-order valence-electron chi connectivity index (χ4n) is 4.50. The van der Waals surface area contributed by atoms with Gasteiger partial charge in [-0.05, 0) is 80.7 Å². The summed E-state index contributed by atoms with van der Waals surface area (Å²) in [5.74, 6) is 1.10. The SMILES string of the molecule is CCc1ccc(-n2ccc(=O)c3cnc(Nc4ccc(C5CCN(C)CC5)cc4)nc32)cc1. The van der Waals surface area contributed by atoms with E-state index in [1.165, 1.54) is 24.0 Å². The minimum Gasteiger partial charge on any atom is -0.324 e. The lowest BCUT2D eigenvalue weighted by molar-refractivity contribution is 0.255. The first-order chi connectivity index (χ1) is 16.1. The van der Waals surface area contributed by atoms with Crippen LogP contribution in [0, 0.1) is 0 Å². The molecule has 33 heavy (non-hydrogen) atoms. The van der Waals surface area contributed by atoms with Crippen molar-refractivity contribution >= 4 is 22.7 Å². The molecular weight excluding hydrogens is 410 g/mol. The first-order valence-electron chi connectivity index (χ1n) is 11.6. The van der Waals surface area contributed by atoms with E-state index in [4.69, 9.17) is 4.98 Å². The molecule has 3 heterocycles. The van der Waals surface area contributed by atoms with E-state index in [1.54, 1.807) is 18.5 Å². The van der Waals surface area contributed by atoms with E-state index in [0.717, 1.165) is 30.9 Å². The molecule has 1 aliphatic rings. The van der Waals surface area contributed by atoms with E-state index < -0.39 is 0 Å². The summed E-state index contributed by atoms with van der Waals surface area (Å²) >= 11 is 0. The second kappa shape index (κ2) is 9.16. The Kier molecular flexibility index (Phi) is 5.92. The number of hydrogen-bond donors (Lipinski definition) is 1. The smallest absolute Gasteiger partial charge is 0.229 e. The van der Waals surface area contributed by atoms with Crippen LogP contribution in [0.4, 0.5) is 11.6 Å². The van der Waals surface area contributed by atoms with Gasteiger partial charge in [-0.2, -0.15) is 4.98 Å². The molecule has 2 aromatic carbocycles. The van der Waals surface area contributed by atoms with Crippen LogP contribution in [0.1, 0.15) is 36.8 Å². The number of nitrogens with zero attached hydrogens (tertiary/aromatic N) is 4. The number of aryl methyl sites for hydroxylation is 1. The van der Waals surface area contributed by atoms with Gasteiger partial charge < -0.3 is 14.8 Å². The van der Waals surface area contributed by atoms with Gasteiger partial charge in [0.1, 0.15) is 0 Å². The van der Waals surface area contributed by atoms with Crippen LogP contribution in [0.25, 0.3) is 16.7 Å². The van der Waals surface area contributed by atoms with Crippen LogP contribution in [0.15, 0.2) is 71.8 Å². The summed E-state index contributed by atoms with van der Waals surface area (Å²) in [7, 11) is 2.19. The van der Waals surface area contributed by atoms with Crippen LogP contribution < -0.4 is 10.7 Å². The van der Waals surface area contributed by atoms with Gasteiger partial charge >= 0.3 is 0 Å². The molecule has 2 aromatic heterocycles. The van der Waals surface area contributed by atoms with Crippen molar-refractivity contribution < 1.29 is 0 Å². The van der Waals surface area contributed by atoms with Gasteiger partial charge in [0.15, 0.2) is 11.1 Å². The lowest BCUT2D eigenvalue weighted by atomic mass is 9.89. The minimum absolute atomic E-state index is 0.0829. The maximum Gasteiger partial charge on any atom is 0.229 e. The monoisotopic (exact) mass is 439 g/mol. The third kappa shape index (κ3) is 4.52. The van der Waals surface area contributed by atoms with Gasteiger partial charge in [-0.15, -0.1) is 0 Å². The molecule has 1 aliphatic heterocycles. The lowest BCUT2D eigenvalue weighted by Crippen LogP contribution is -2.29. The Balaban J connectivity index is 1.42. The molecule has 0 saturated carbocycles. The summed E-state index contributed by atoms with van der Waals surface area (Å²) in [5.41, 5.74) is 5.06. The summed E-state index contributed by atoms with van der Waals surface area (Å²) in [6.45, 7) is 4.44. The maximum absolute atomic E-state index is 12.4. The average molecular weight is 440 g/mol. The molecule has 0 spiro atoms. The highest BCUT2D eigenvalue weighted by Crippen LogP contribution is 2.28. The van der Waals surface area contributed by atoms with E-state index in [1.807, 2.05) is 4.57 Å². The van der Waals surface area contributed by atoms with Gasteiger partial charge in [0.05, 0.1) is 5.39 Å². The van der Waals surface area contributed by atoms with Crippen LogP contribution in [0.3, 0.4) is 0 Å². The van der Waals surface area contributed by atoms with Gasteiger partial charge in [0, 0.05) is 29.8 Å². The van der Waals surface area contributed by atoms with Gasteiger partial charge in [-0.1, -0.05) is 31.2 Å². The number of hydrogen-bond acceptors (Lipinski definition) is 5. The van der Waals surface area contributed by atoms with Crippen LogP contribution in [0.5, 0.6) is 0 Å². The zero-order valence-electron chi connectivity index (χ0n) is 19.2. The van der Waals surface area contributed by atoms with E-state index in [9.17, 15) is 4.79 Å². The number of pyridine rings is 1. The van der Waals surface area contributed by atoms with Crippen molar-refractivity contribution in [1.29, 1.82) is 0 Å². The highest BCUT2D eigenvalue weighted by Gasteiger charge is 2.18. The number of benzene rings is 2. The topological polar surface area (TPSA) is 63.1 Å². The number of anilines is 2. The van der Waals surface area contributed by atoms with Crippen molar-refractivity contribution in [2.45, 2.75) is 32.1 Å². The number of rotatable bonds is 5. The predicted molar refractivity (Wildman–Crippen MR) is 134 cm³/mol. The molecule has 0 unspecified atom stereocenters. The zero-order valence-corrected chi connectivity index (χ0v) is 19.2. The second-order valence-electron chi connectivity index (χ2n) is 8.83. The van der Waals surface area contributed by atoms with E-state index in [-0.39, 0.29) is 5.43 Å². The normalized spacial score (nSPS) is 15.1. The molecule has 6 heteroatoms. The van der Waals surface area contributed by atoms with Gasteiger partial charge in [0.25, 0.3) is 0 Å². The Bertz CT molecular complexity index is 1300. The Morgan fingerprint density at radius 1 is 1.00 bits per heavy atom. The molecule has 6 nitrogen and oxygen atoms in total. The second-order valence-corrected chi connectivity index (χ2v) is 8.83. The standard InChI is InChI=1S/C27H29N5O/c1-3-19-4-10-23(11-5-19)32-17-14-25(33)24-18-28-27(30-26(24)32)29-22-8-6-20(7-9-22)21-12-15-31(2)16-13-21/h4-11,14,17-18,21H,3,12-13,15-16H2,1-2H3,(H,28,29,30). The van der Waals surface area contributed by atoms with Crippen molar-refractivity contribution in [3.05, 3.63) is 88.3 Å². The first kappa shape index (κ1) is 21.3. The highest BCUT2D eigenvalue weighted by molar-refractivity contribution is 5.77. The highest BCUT2D eigenvalue weighted by atomic mass is 16.1. The van der Waals surface area contributed by atoms with Crippen molar-refractivity contribution in [2.75, 3.05) is 25.5 Å². The molecule has 0 radical (unpaired) electrons. The van der Waals surface area contributed by atoms with Crippen LogP contribution in [-0.2, 0) is 6.42 Å². The van der Waals surface area contributed by atoms with Crippen LogP contribution in [0.2, 0.25) is 0 Å². The van der Waals surface area contributed by atoms with Gasteiger partial charge in [-0.3, -0.25) is 4.79 Å². The maximum atomic E-state index is 12.4.